The lowest BCUT2D eigenvalue weighted by molar-refractivity contribution is 0.0544. The Bertz CT molecular complexity index is 1470. The van der Waals surface area contributed by atoms with Gasteiger partial charge in [0.2, 0.25) is 0 Å². The fourth-order valence-corrected chi connectivity index (χ4v) is 4.13. The first kappa shape index (κ1) is 22.8. The molecule has 2 aromatic heterocycles. The Balaban J connectivity index is 1.42. The third-order valence-corrected chi connectivity index (χ3v) is 5.89. The van der Waals surface area contributed by atoms with Crippen molar-refractivity contribution in [1.29, 1.82) is 0 Å². The average molecular weight is 466 g/mol. The van der Waals surface area contributed by atoms with Crippen molar-refractivity contribution in [3.8, 4) is 28.1 Å². The molecule has 0 saturated heterocycles. The molecule has 3 aromatic carbocycles. The lowest BCUT2D eigenvalue weighted by Crippen LogP contribution is -2.09. The minimum absolute atomic E-state index is 0.483. The zero-order valence-electron chi connectivity index (χ0n) is 19.7. The molecule has 5 rings (SSSR count). The number of benzene rings is 3. The number of rotatable bonds is 10. The van der Waals surface area contributed by atoms with Crippen LogP contribution in [0.3, 0.4) is 0 Å². The molecule has 0 aliphatic rings. The summed E-state index contributed by atoms with van der Waals surface area (Å²) in [7, 11) is 1.66. The maximum absolute atomic E-state index is 6.30. The SMILES string of the molecule is C=Cc1ccc2c(c1)oc1c(-c3cc(-c4cccc(OCCOCCOC)c4)ccn3)cccc12. The lowest BCUT2D eigenvalue weighted by Gasteiger charge is -2.10. The second-order valence-corrected chi connectivity index (χ2v) is 8.16. The van der Waals surface area contributed by atoms with E-state index in [1.165, 1.54) is 0 Å². The highest BCUT2D eigenvalue weighted by Crippen LogP contribution is 2.36. The van der Waals surface area contributed by atoms with Gasteiger partial charge < -0.3 is 18.6 Å². The van der Waals surface area contributed by atoms with Crippen LogP contribution in [0.15, 0.2) is 90.0 Å². The summed E-state index contributed by atoms with van der Waals surface area (Å²) in [5.74, 6) is 0.800. The number of methoxy groups -OCH3 is 1. The molecule has 0 N–H and O–H groups in total. The van der Waals surface area contributed by atoms with Gasteiger partial charge in [-0.25, -0.2) is 0 Å². The van der Waals surface area contributed by atoms with E-state index in [1.54, 1.807) is 7.11 Å². The summed E-state index contributed by atoms with van der Waals surface area (Å²) >= 11 is 0. The fraction of sp³-hybridized carbons (Fsp3) is 0.167. The highest BCUT2D eigenvalue weighted by Gasteiger charge is 2.14. The van der Waals surface area contributed by atoms with Gasteiger partial charge in [0.1, 0.15) is 23.5 Å². The van der Waals surface area contributed by atoms with E-state index in [9.17, 15) is 0 Å². The van der Waals surface area contributed by atoms with Crippen LogP contribution in [0.25, 0.3) is 50.4 Å². The van der Waals surface area contributed by atoms with Crippen molar-refractivity contribution < 1.29 is 18.6 Å². The average Bonchev–Trinajstić information content (AvgIpc) is 3.29. The van der Waals surface area contributed by atoms with Crippen LogP contribution in [0.5, 0.6) is 5.75 Å². The molecule has 176 valence electrons. The van der Waals surface area contributed by atoms with Crippen molar-refractivity contribution in [2.24, 2.45) is 0 Å². The maximum Gasteiger partial charge on any atom is 0.144 e. The van der Waals surface area contributed by atoms with Crippen LogP contribution in [0.2, 0.25) is 0 Å². The minimum Gasteiger partial charge on any atom is -0.491 e. The van der Waals surface area contributed by atoms with Gasteiger partial charge in [0, 0.05) is 29.6 Å². The van der Waals surface area contributed by atoms with E-state index in [1.807, 2.05) is 54.7 Å². The third-order valence-electron chi connectivity index (χ3n) is 5.89. The number of nitrogens with zero attached hydrogens (tertiary/aromatic N) is 1. The Labute approximate surface area is 204 Å². The molecule has 0 radical (unpaired) electrons. The molecule has 0 aliphatic heterocycles. The number of fused-ring (bicyclic) bond motifs is 3. The van der Waals surface area contributed by atoms with Gasteiger partial charge in [0.25, 0.3) is 0 Å². The van der Waals surface area contributed by atoms with Gasteiger partial charge >= 0.3 is 0 Å². The van der Waals surface area contributed by atoms with E-state index in [0.717, 1.165) is 55.6 Å². The van der Waals surface area contributed by atoms with Gasteiger partial charge in [-0.3, -0.25) is 4.98 Å². The molecule has 5 heteroatoms. The fourth-order valence-electron chi connectivity index (χ4n) is 4.13. The van der Waals surface area contributed by atoms with Crippen LogP contribution in [-0.2, 0) is 9.47 Å². The molecule has 0 unspecified atom stereocenters. The number of ether oxygens (including phenoxy) is 3. The summed E-state index contributed by atoms with van der Waals surface area (Å²) in [6.45, 7) is 6.00. The number of furan rings is 1. The second kappa shape index (κ2) is 10.6. The number of hydrogen-bond donors (Lipinski definition) is 0. The molecular formula is C30H27NO4. The number of pyridine rings is 1. The molecular weight excluding hydrogens is 438 g/mol. The van der Waals surface area contributed by atoms with Crippen LogP contribution in [0, 0.1) is 0 Å². The van der Waals surface area contributed by atoms with Gasteiger partial charge in [-0.2, -0.15) is 0 Å². The summed E-state index contributed by atoms with van der Waals surface area (Å²) in [6.07, 6.45) is 3.66. The van der Waals surface area contributed by atoms with Gasteiger partial charge in [0.05, 0.1) is 25.5 Å². The molecule has 5 aromatic rings. The summed E-state index contributed by atoms with van der Waals surface area (Å²) in [4.78, 5) is 4.66. The van der Waals surface area contributed by atoms with Crippen molar-refractivity contribution >= 4 is 28.0 Å². The second-order valence-electron chi connectivity index (χ2n) is 8.16. The van der Waals surface area contributed by atoms with E-state index in [0.29, 0.717) is 26.4 Å². The molecule has 0 spiro atoms. The van der Waals surface area contributed by atoms with Gasteiger partial charge in [-0.1, -0.05) is 43.0 Å². The third kappa shape index (κ3) is 4.97. The minimum atomic E-state index is 0.483. The number of aromatic nitrogens is 1. The molecule has 0 bridgehead atoms. The highest BCUT2D eigenvalue weighted by atomic mass is 16.5. The molecule has 5 nitrogen and oxygen atoms in total. The van der Waals surface area contributed by atoms with Crippen molar-refractivity contribution in [3.05, 3.63) is 91.1 Å². The predicted octanol–water partition coefficient (Wildman–Crippen LogP) is 7.00. The first-order valence-electron chi connectivity index (χ1n) is 11.6. The largest absolute Gasteiger partial charge is 0.491 e. The summed E-state index contributed by atoms with van der Waals surface area (Å²) in [5, 5.41) is 2.16. The molecule has 0 fully saturated rings. The molecule has 0 atom stereocenters. The van der Waals surface area contributed by atoms with Crippen LogP contribution in [-0.4, -0.2) is 38.5 Å². The monoisotopic (exact) mass is 465 g/mol. The van der Waals surface area contributed by atoms with Crippen LogP contribution in [0.4, 0.5) is 0 Å². The predicted molar refractivity (Wildman–Crippen MR) is 141 cm³/mol. The van der Waals surface area contributed by atoms with Crippen LogP contribution in [0.1, 0.15) is 5.56 Å². The van der Waals surface area contributed by atoms with Gasteiger partial charge in [-0.15, -0.1) is 0 Å². The van der Waals surface area contributed by atoms with Crippen molar-refractivity contribution in [2.75, 3.05) is 33.5 Å². The molecule has 35 heavy (non-hydrogen) atoms. The summed E-state index contributed by atoms with van der Waals surface area (Å²) < 4.78 is 22.6. The van der Waals surface area contributed by atoms with E-state index >= 15 is 0 Å². The molecule has 0 amide bonds. The topological polar surface area (TPSA) is 53.7 Å². The van der Waals surface area contributed by atoms with Gasteiger partial charge in [0.15, 0.2) is 0 Å². The zero-order chi connectivity index (χ0) is 24.0. The normalized spacial score (nSPS) is 11.2. The lowest BCUT2D eigenvalue weighted by atomic mass is 10.0. The molecule has 2 heterocycles. The van der Waals surface area contributed by atoms with Crippen LogP contribution >= 0.6 is 0 Å². The van der Waals surface area contributed by atoms with E-state index < -0.39 is 0 Å². The highest BCUT2D eigenvalue weighted by molar-refractivity contribution is 6.09. The maximum atomic E-state index is 6.30. The number of para-hydroxylation sites is 1. The molecule has 0 saturated carbocycles. The summed E-state index contributed by atoms with van der Waals surface area (Å²) in [5.41, 5.74) is 6.63. The number of hydrogen-bond acceptors (Lipinski definition) is 5. The Morgan fingerprint density at radius 3 is 2.60 bits per heavy atom. The Kier molecular flexibility index (Phi) is 6.89. The van der Waals surface area contributed by atoms with Crippen molar-refractivity contribution in [1.82, 2.24) is 4.98 Å². The van der Waals surface area contributed by atoms with E-state index in [-0.39, 0.29) is 0 Å². The zero-order valence-corrected chi connectivity index (χ0v) is 19.7. The first-order chi connectivity index (χ1) is 17.3. The van der Waals surface area contributed by atoms with Crippen molar-refractivity contribution in [3.63, 3.8) is 0 Å². The van der Waals surface area contributed by atoms with E-state index in [4.69, 9.17) is 18.6 Å². The van der Waals surface area contributed by atoms with E-state index in [2.05, 4.69) is 41.9 Å². The van der Waals surface area contributed by atoms with Gasteiger partial charge in [-0.05, 0) is 59.2 Å². The standard InChI is InChI=1S/C30H27NO4/c1-3-21-10-11-25-26-8-5-9-27(30(26)35-29(25)18-21)28-20-23(12-13-31-28)22-6-4-7-24(19-22)34-17-16-33-15-14-32-2/h3-13,18-20H,1,14-17H2,2H3. The smallest absolute Gasteiger partial charge is 0.144 e. The molecule has 0 aliphatic carbocycles. The Hall–Kier alpha value is -3.93. The Morgan fingerprint density at radius 1 is 0.857 bits per heavy atom. The first-order valence-corrected chi connectivity index (χ1v) is 11.6. The Morgan fingerprint density at radius 2 is 1.71 bits per heavy atom. The summed E-state index contributed by atoms with van der Waals surface area (Å²) in [6, 6.07) is 24.5. The van der Waals surface area contributed by atoms with Crippen molar-refractivity contribution in [2.45, 2.75) is 0 Å². The van der Waals surface area contributed by atoms with Crippen LogP contribution < -0.4 is 4.74 Å². The quantitative estimate of drug-likeness (QED) is 0.208.